The largest absolute Gasteiger partial charge is 0.469 e. The van der Waals surface area contributed by atoms with Crippen molar-refractivity contribution in [2.24, 2.45) is 23.2 Å². The van der Waals surface area contributed by atoms with E-state index in [0.29, 0.717) is 17.9 Å². The van der Waals surface area contributed by atoms with Gasteiger partial charge in [0.25, 0.3) is 0 Å². The normalized spacial score (nSPS) is 49.8. The summed E-state index contributed by atoms with van der Waals surface area (Å²) in [5, 5.41) is 7.57. The summed E-state index contributed by atoms with van der Waals surface area (Å²) in [6.07, 6.45) is 7.77. The van der Waals surface area contributed by atoms with Gasteiger partial charge in [-0.15, -0.1) is 0 Å². The Labute approximate surface area is 148 Å². The summed E-state index contributed by atoms with van der Waals surface area (Å²) in [5.41, 5.74) is 2.56. The van der Waals surface area contributed by atoms with Crippen molar-refractivity contribution in [1.82, 2.24) is 5.32 Å². The average Bonchev–Trinajstić information content (AvgIpc) is 3.29. The molecule has 0 radical (unpaired) electrons. The number of nitrogens with one attached hydrogen (secondary N) is 2. The SMILES string of the molecule is COC(=O)[C@@H]1C[C@@]23C=CN[C@@H]4CC[C@@]5(c6ccccc6N[C@]15[C@@H]2C)[C@H]43. The minimum absolute atomic E-state index is 0.0303. The van der Waals surface area contributed by atoms with E-state index in [0.717, 1.165) is 12.8 Å². The van der Waals surface area contributed by atoms with E-state index < -0.39 is 0 Å². The Morgan fingerprint density at radius 1 is 1.32 bits per heavy atom. The summed E-state index contributed by atoms with van der Waals surface area (Å²) < 4.78 is 5.30. The lowest BCUT2D eigenvalue weighted by molar-refractivity contribution is -0.149. The number of allylic oxidation sites excluding steroid dienone is 1. The van der Waals surface area contributed by atoms with Gasteiger partial charge in [0.2, 0.25) is 0 Å². The zero-order valence-electron chi connectivity index (χ0n) is 14.7. The molecule has 0 amide bonds. The molecule has 2 aliphatic heterocycles. The van der Waals surface area contributed by atoms with Gasteiger partial charge >= 0.3 is 5.97 Å². The lowest BCUT2D eigenvalue weighted by Gasteiger charge is -2.50. The first kappa shape index (κ1) is 14.2. The van der Waals surface area contributed by atoms with E-state index >= 15 is 0 Å². The first-order valence-corrected chi connectivity index (χ1v) is 9.51. The number of ether oxygens (including phenoxy) is 1. The predicted octanol–water partition coefficient (Wildman–Crippen LogP) is 2.81. The maximum atomic E-state index is 12.9. The molecule has 6 rings (SSSR count). The minimum Gasteiger partial charge on any atom is -0.469 e. The third-order valence-electron chi connectivity index (χ3n) is 8.64. The molecule has 3 fully saturated rings. The van der Waals surface area contributed by atoms with Crippen molar-refractivity contribution in [2.45, 2.75) is 43.2 Å². The van der Waals surface area contributed by atoms with Gasteiger partial charge in [-0.3, -0.25) is 4.79 Å². The highest BCUT2D eigenvalue weighted by Crippen LogP contribution is 2.81. The van der Waals surface area contributed by atoms with Crippen molar-refractivity contribution >= 4 is 11.7 Å². The summed E-state index contributed by atoms with van der Waals surface area (Å²) in [6, 6.07) is 9.27. The van der Waals surface area contributed by atoms with Crippen LogP contribution in [0.1, 0.15) is 31.7 Å². The zero-order valence-corrected chi connectivity index (χ0v) is 14.7. The highest BCUT2D eigenvalue weighted by molar-refractivity contribution is 5.82. The minimum atomic E-state index is -0.223. The number of para-hydroxylation sites is 1. The Kier molecular flexibility index (Phi) is 2.31. The molecule has 2 N–H and O–H groups in total. The van der Waals surface area contributed by atoms with Gasteiger partial charge in [-0.25, -0.2) is 0 Å². The second kappa shape index (κ2) is 4.05. The number of anilines is 1. The van der Waals surface area contributed by atoms with Crippen LogP contribution in [0.15, 0.2) is 36.5 Å². The van der Waals surface area contributed by atoms with Gasteiger partial charge in [0.15, 0.2) is 0 Å². The van der Waals surface area contributed by atoms with Gasteiger partial charge in [0.05, 0.1) is 18.6 Å². The Balaban J connectivity index is 1.69. The van der Waals surface area contributed by atoms with Crippen LogP contribution >= 0.6 is 0 Å². The molecule has 7 atom stereocenters. The maximum Gasteiger partial charge on any atom is 0.311 e. The van der Waals surface area contributed by atoms with Gasteiger partial charge < -0.3 is 15.4 Å². The summed E-state index contributed by atoms with van der Waals surface area (Å²) in [4.78, 5) is 12.9. The average molecular weight is 336 g/mol. The van der Waals surface area contributed by atoms with Crippen LogP contribution in [-0.4, -0.2) is 24.7 Å². The van der Waals surface area contributed by atoms with E-state index in [2.05, 4.69) is 54.1 Å². The molecule has 3 saturated carbocycles. The lowest BCUT2D eigenvalue weighted by atomic mass is 9.55. The number of hydrogen-bond donors (Lipinski definition) is 2. The van der Waals surface area contributed by atoms with E-state index in [-0.39, 0.29) is 28.3 Å². The van der Waals surface area contributed by atoms with Gasteiger partial charge in [-0.2, -0.15) is 0 Å². The molecule has 3 aliphatic carbocycles. The highest BCUT2D eigenvalue weighted by atomic mass is 16.5. The standard InChI is InChI=1S/C21H24N2O2/c1-12-19-9-10-22-16-7-8-20(17(16)19)13-5-3-4-6-15(13)23-21(12,20)14(11-19)18(24)25-2/h3-6,9-10,12,14,16-17,22-23H,7-8,11H2,1-2H3/t12-,14+,16-,17-,19+,20-,21-/m1/s1. The molecule has 2 heterocycles. The number of carbonyl (C=O) groups is 1. The smallest absolute Gasteiger partial charge is 0.311 e. The maximum absolute atomic E-state index is 12.9. The van der Waals surface area contributed by atoms with Crippen LogP contribution in [0.3, 0.4) is 0 Å². The molecule has 1 aromatic rings. The van der Waals surface area contributed by atoms with E-state index in [1.165, 1.54) is 24.8 Å². The second-order valence-electron chi connectivity index (χ2n) is 8.75. The molecule has 0 saturated heterocycles. The Bertz CT molecular complexity index is 835. The second-order valence-corrected chi connectivity index (χ2v) is 8.75. The highest BCUT2D eigenvalue weighted by Gasteiger charge is 2.85. The van der Waals surface area contributed by atoms with Crippen molar-refractivity contribution in [3.63, 3.8) is 0 Å². The molecule has 5 aliphatic rings. The summed E-state index contributed by atoms with van der Waals surface area (Å²) >= 11 is 0. The fourth-order valence-corrected chi connectivity index (χ4v) is 8.13. The van der Waals surface area contributed by atoms with Crippen molar-refractivity contribution < 1.29 is 9.53 Å². The third-order valence-corrected chi connectivity index (χ3v) is 8.64. The van der Waals surface area contributed by atoms with Gasteiger partial charge in [0, 0.05) is 28.5 Å². The van der Waals surface area contributed by atoms with Crippen LogP contribution in [0.2, 0.25) is 0 Å². The Hall–Kier alpha value is -1.97. The van der Waals surface area contributed by atoms with Crippen molar-refractivity contribution in [3.05, 3.63) is 42.1 Å². The molecule has 130 valence electrons. The summed E-state index contributed by atoms with van der Waals surface area (Å²) in [5.74, 6) is 0.828. The lowest BCUT2D eigenvalue weighted by Crippen LogP contribution is -2.61. The van der Waals surface area contributed by atoms with Crippen LogP contribution in [0.4, 0.5) is 5.69 Å². The molecule has 4 heteroatoms. The number of rotatable bonds is 1. The first-order valence-electron chi connectivity index (χ1n) is 9.51. The quantitative estimate of drug-likeness (QED) is 0.775. The van der Waals surface area contributed by atoms with Crippen LogP contribution < -0.4 is 10.6 Å². The monoisotopic (exact) mass is 336 g/mol. The summed E-state index contributed by atoms with van der Waals surface area (Å²) in [6.45, 7) is 2.37. The number of methoxy groups -OCH3 is 1. The van der Waals surface area contributed by atoms with Crippen LogP contribution in [0.5, 0.6) is 0 Å². The topological polar surface area (TPSA) is 50.4 Å². The van der Waals surface area contributed by atoms with Gasteiger partial charge in [-0.05, 0) is 43.0 Å². The predicted molar refractivity (Wildman–Crippen MR) is 95.0 cm³/mol. The Morgan fingerprint density at radius 2 is 2.16 bits per heavy atom. The number of fused-ring (bicyclic) bond motifs is 1. The van der Waals surface area contributed by atoms with Crippen molar-refractivity contribution in [3.8, 4) is 0 Å². The third kappa shape index (κ3) is 1.17. The molecular weight excluding hydrogens is 312 g/mol. The van der Waals surface area contributed by atoms with E-state index in [1.807, 2.05) is 0 Å². The molecule has 2 bridgehead atoms. The fourth-order valence-electron chi connectivity index (χ4n) is 8.13. The van der Waals surface area contributed by atoms with Crippen LogP contribution in [0, 0.1) is 23.2 Å². The van der Waals surface area contributed by atoms with Crippen LogP contribution in [-0.2, 0) is 14.9 Å². The molecule has 3 spiro atoms. The molecule has 0 unspecified atom stereocenters. The van der Waals surface area contributed by atoms with E-state index in [1.54, 1.807) is 0 Å². The number of carbonyl (C=O) groups excluding carboxylic acids is 1. The van der Waals surface area contributed by atoms with E-state index in [9.17, 15) is 4.79 Å². The molecule has 25 heavy (non-hydrogen) atoms. The van der Waals surface area contributed by atoms with Crippen LogP contribution in [0.25, 0.3) is 0 Å². The molecule has 4 nitrogen and oxygen atoms in total. The molecule has 0 aromatic heterocycles. The van der Waals surface area contributed by atoms with E-state index in [4.69, 9.17) is 4.74 Å². The molecular formula is C21H24N2O2. The van der Waals surface area contributed by atoms with Crippen molar-refractivity contribution in [1.29, 1.82) is 0 Å². The zero-order chi connectivity index (χ0) is 17.0. The van der Waals surface area contributed by atoms with Crippen molar-refractivity contribution in [2.75, 3.05) is 12.4 Å². The first-order chi connectivity index (χ1) is 12.1. The number of hydrogen-bond acceptors (Lipinski definition) is 4. The number of esters is 1. The number of benzene rings is 1. The molecule has 1 aromatic carbocycles. The van der Waals surface area contributed by atoms with Gasteiger partial charge in [0.1, 0.15) is 0 Å². The summed E-state index contributed by atoms with van der Waals surface area (Å²) in [7, 11) is 1.54. The Morgan fingerprint density at radius 3 is 3.00 bits per heavy atom. The van der Waals surface area contributed by atoms with Gasteiger partial charge in [-0.1, -0.05) is 31.2 Å². The fraction of sp³-hybridized carbons (Fsp3) is 0.571.